The molecular formula is C17H12Br2F2O2. The van der Waals surface area contributed by atoms with Crippen LogP contribution in [0.2, 0.25) is 0 Å². The van der Waals surface area contributed by atoms with Gasteiger partial charge in [-0.2, -0.15) is 0 Å². The number of carbonyl (C=O) groups excluding carboxylic acids is 1. The average molecular weight is 446 g/mol. The normalized spacial score (nSPS) is 11.0. The van der Waals surface area contributed by atoms with Crippen LogP contribution < -0.4 is 4.74 Å². The van der Waals surface area contributed by atoms with E-state index in [1.807, 2.05) is 0 Å². The number of hydrogen-bond donors (Lipinski definition) is 0. The highest BCUT2D eigenvalue weighted by Crippen LogP contribution is 2.24. The van der Waals surface area contributed by atoms with Crippen LogP contribution in [-0.2, 0) is 0 Å². The minimum Gasteiger partial charge on any atom is -0.486 e. The fourth-order valence-electron chi connectivity index (χ4n) is 1.84. The second kappa shape index (κ2) is 8.36. The van der Waals surface area contributed by atoms with Crippen molar-refractivity contribution in [2.24, 2.45) is 0 Å². The van der Waals surface area contributed by atoms with Crippen LogP contribution in [0.25, 0.3) is 0 Å². The highest BCUT2D eigenvalue weighted by molar-refractivity contribution is 9.10. The zero-order chi connectivity index (χ0) is 16.8. The maximum Gasteiger partial charge on any atom is 0.196 e. The molecule has 2 aromatic carbocycles. The standard InChI is InChI=1S/C17H12Br2F2O2/c18-7-1-2-8-23-16-10-14(20)13(9-15(16)21)17(22)11-3-5-12(19)6-4-11/h1-6,9-10H,7-8H2/b2-1+. The van der Waals surface area contributed by atoms with Gasteiger partial charge in [-0.25, -0.2) is 8.78 Å². The van der Waals surface area contributed by atoms with Crippen molar-refractivity contribution < 1.29 is 18.3 Å². The van der Waals surface area contributed by atoms with Crippen LogP contribution in [0.15, 0.2) is 53.0 Å². The Morgan fingerprint density at radius 3 is 2.43 bits per heavy atom. The molecule has 2 rings (SSSR count). The van der Waals surface area contributed by atoms with Gasteiger partial charge in [-0.1, -0.05) is 44.0 Å². The Labute approximate surface area is 149 Å². The lowest BCUT2D eigenvalue weighted by atomic mass is 10.0. The molecule has 0 atom stereocenters. The summed E-state index contributed by atoms with van der Waals surface area (Å²) < 4.78 is 34.0. The summed E-state index contributed by atoms with van der Waals surface area (Å²) in [5, 5.41) is 0.647. The van der Waals surface area contributed by atoms with Gasteiger partial charge in [0.1, 0.15) is 12.4 Å². The van der Waals surface area contributed by atoms with Crippen molar-refractivity contribution in [1.82, 2.24) is 0 Å². The second-order valence-corrected chi connectivity index (χ2v) is 6.10. The van der Waals surface area contributed by atoms with E-state index < -0.39 is 17.4 Å². The van der Waals surface area contributed by atoms with Crippen molar-refractivity contribution in [2.45, 2.75) is 0 Å². The van der Waals surface area contributed by atoms with Gasteiger partial charge in [-0.3, -0.25) is 4.79 Å². The highest BCUT2D eigenvalue weighted by atomic mass is 79.9. The van der Waals surface area contributed by atoms with Crippen LogP contribution in [-0.4, -0.2) is 17.7 Å². The number of ketones is 1. The van der Waals surface area contributed by atoms with Crippen molar-refractivity contribution >= 4 is 37.6 Å². The first-order chi connectivity index (χ1) is 11.0. The van der Waals surface area contributed by atoms with Crippen LogP contribution in [0.4, 0.5) is 8.78 Å². The first kappa shape index (κ1) is 17.8. The number of ether oxygens (including phenoxy) is 1. The molecule has 6 heteroatoms. The summed E-state index contributed by atoms with van der Waals surface area (Å²) in [7, 11) is 0. The van der Waals surface area contributed by atoms with E-state index in [2.05, 4.69) is 31.9 Å². The number of alkyl halides is 1. The Bertz CT molecular complexity index is 728. The molecule has 0 radical (unpaired) electrons. The average Bonchev–Trinajstić information content (AvgIpc) is 2.54. The van der Waals surface area contributed by atoms with Gasteiger partial charge >= 0.3 is 0 Å². The fourth-order valence-corrected chi connectivity index (χ4v) is 2.37. The predicted octanol–water partition coefficient (Wildman–Crippen LogP) is 5.29. The lowest BCUT2D eigenvalue weighted by Crippen LogP contribution is -2.06. The Balaban J connectivity index is 2.23. The van der Waals surface area contributed by atoms with E-state index >= 15 is 0 Å². The minimum atomic E-state index is -0.821. The quantitative estimate of drug-likeness (QED) is 0.343. The van der Waals surface area contributed by atoms with Crippen LogP contribution >= 0.6 is 31.9 Å². The first-order valence-corrected chi connectivity index (χ1v) is 8.57. The van der Waals surface area contributed by atoms with Crippen molar-refractivity contribution in [3.63, 3.8) is 0 Å². The number of rotatable bonds is 6. The van der Waals surface area contributed by atoms with E-state index in [1.54, 1.807) is 36.4 Å². The van der Waals surface area contributed by atoms with E-state index in [-0.39, 0.29) is 23.5 Å². The van der Waals surface area contributed by atoms with Crippen LogP contribution in [0.5, 0.6) is 5.75 Å². The maximum absolute atomic E-state index is 14.1. The highest BCUT2D eigenvalue weighted by Gasteiger charge is 2.18. The van der Waals surface area contributed by atoms with E-state index in [4.69, 9.17) is 4.74 Å². The molecule has 0 fully saturated rings. The minimum absolute atomic E-state index is 0.113. The molecule has 0 aliphatic heterocycles. The summed E-state index contributed by atoms with van der Waals surface area (Å²) >= 11 is 6.45. The molecule has 0 aromatic heterocycles. The number of halogens is 4. The largest absolute Gasteiger partial charge is 0.486 e. The Morgan fingerprint density at radius 1 is 1.09 bits per heavy atom. The zero-order valence-corrected chi connectivity index (χ0v) is 15.0. The predicted molar refractivity (Wildman–Crippen MR) is 92.4 cm³/mol. The molecular weight excluding hydrogens is 434 g/mol. The van der Waals surface area contributed by atoms with E-state index in [1.165, 1.54) is 0 Å². The molecule has 0 N–H and O–H groups in total. The number of carbonyl (C=O) groups is 1. The third kappa shape index (κ3) is 4.72. The second-order valence-electron chi connectivity index (χ2n) is 4.54. The van der Waals surface area contributed by atoms with E-state index in [0.717, 1.165) is 16.6 Å². The number of hydrogen-bond acceptors (Lipinski definition) is 2. The molecule has 0 unspecified atom stereocenters. The van der Waals surface area contributed by atoms with Gasteiger partial charge in [-0.05, 0) is 30.3 Å². The van der Waals surface area contributed by atoms with Gasteiger partial charge in [0, 0.05) is 21.4 Å². The SMILES string of the molecule is O=C(c1ccc(Br)cc1)c1cc(F)c(OC/C=C/CBr)cc1F. The fraction of sp³-hybridized carbons (Fsp3) is 0.118. The summed E-state index contributed by atoms with van der Waals surface area (Å²) in [6, 6.07) is 8.16. The van der Waals surface area contributed by atoms with Crippen LogP contribution in [0, 0.1) is 11.6 Å². The summed E-state index contributed by atoms with van der Waals surface area (Å²) in [6.45, 7) is 0.113. The lowest BCUT2D eigenvalue weighted by molar-refractivity contribution is 0.103. The van der Waals surface area contributed by atoms with Crippen LogP contribution in [0.1, 0.15) is 15.9 Å². The monoisotopic (exact) mass is 444 g/mol. The summed E-state index contributed by atoms with van der Waals surface area (Å²) in [5.74, 6) is -2.41. The van der Waals surface area contributed by atoms with Crippen molar-refractivity contribution in [2.75, 3.05) is 11.9 Å². The topological polar surface area (TPSA) is 26.3 Å². The molecule has 0 spiro atoms. The van der Waals surface area contributed by atoms with Crippen LogP contribution in [0.3, 0.4) is 0 Å². The molecule has 0 saturated carbocycles. The van der Waals surface area contributed by atoms with Gasteiger partial charge < -0.3 is 4.74 Å². The molecule has 2 nitrogen and oxygen atoms in total. The van der Waals surface area contributed by atoms with E-state index in [0.29, 0.717) is 5.33 Å². The third-order valence-electron chi connectivity index (χ3n) is 2.96. The van der Waals surface area contributed by atoms with Crippen molar-refractivity contribution in [3.8, 4) is 5.75 Å². The molecule has 0 aliphatic rings. The Morgan fingerprint density at radius 2 is 1.78 bits per heavy atom. The summed E-state index contributed by atoms with van der Waals surface area (Å²) in [4.78, 5) is 12.3. The first-order valence-electron chi connectivity index (χ1n) is 6.66. The molecule has 2 aromatic rings. The molecule has 120 valence electrons. The molecule has 0 aliphatic carbocycles. The number of allylic oxidation sites excluding steroid dienone is 1. The lowest BCUT2D eigenvalue weighted by Gasteiger charge is -2.08. The van der Waals surface area contributed by atoms with Gasteiger partial charge in [0.25, 0.3) is 0 Å². The van der Waals surface area contributed by atoms with Crippen molar-refractivity contribution in [1.29, 1.82) is 0 Å². The maximum atomic E-state index is 14.1. The smallest absolute Gasteiger partial charge is 0.196 e. The van der Waals surface area contributed by atoms with Gasteiger partial charge in [0.2, 0.25) is 0 Å². The van der Waals surface area contributed by atoms with Gasteiger partial charge in [-0.15, -0.1) is 0 Å². The molecule has 0 saturated heterocycles. The van der Waals surface area contributed by atoms with E-state index in [9.17, 15) is 13.6 Å². The van der Waals surface area contributed by atoms with Gasteiger partial charge in [0.15, 0.2) is 17.3 Å². The summed E-state index contributed by atoms with van der Waals surface area (Å²) in [6.07, 6.45) is 3.45. The van der Waals surface area contributed by atoms with Gasteiger partial charge in [0.05, 0.1) is 5.56 Å². The van der Waals surface area contributed by atoms with Crippen molar-refractivity contribution in [3.05, 3.63) is 75.8 Å². The molecule has 0 amide bonds. The zero-order valence-electron chi connectivity index (χ0n) is 11.9. The third-order valence-corrected chi connectivity index (χ3v) is 3.87. The number of benzene rings is 2. The Hall–Kier alpha value is -1.53. The molecule has 0 heterocycles. The molecule has 23 heavy (non-hydrogen) atoms. The summed E-state index contributed by atoms with van der Waals surface area (Å²) in [5.41, 5.74) is -0.0476. The molecule has 0 bridgehead atoms. The Kier molecular flexibility index (Phi) is 6.47.